The predicted molar refractivity (Wildman–Crippen MR) is 146 cm³/mol. The summed E-state index contributed by atoms with van der Waals surface area (Å²) in [4.78, 5) is 41.9. The van der Waals surface area contributed by atoms with Gasteiger partial charge in [0.25, 0.3) is 0 Å². The second kappa shape index (κ2) is 14.9. The van der Waals surface area contributed by atoms with E-state index in [1.807, 2.05) is 39.8 Å². The van der Waals surface area contributed by atoms with Crippen molar-refractivity contribution in [3.05, 3.63) is 34.9 Å². The minimum Gasteiger partial charge on any atom is -0.444 e. The van der Waals surface area contributed by atoms with Crippen LogP contribution in [0, 0.1) is 19.8 Å². The number of aryl methyl sites for hydroxylation is 2. The van der Waals surface area contributed by atoms with E-state index in [-0.39, 0.29) is 17.7 Å². The van der Waals surface area contributed by atoms with E-state index in [9.17, 15) is 14.4 Å². The molecule has 36 heavy (non-hydrogen) atoms. The number of rotatable bonds is 13. The Hall–Kier alpha value is -2.57. The lowest BCUT2D eigenvalue weighted by Gasteiger charge is -2.36. The second-order valence-electron chi connectivity index (χ2n) is 11.1. The average molecular weight is 504 g/mol. The molecule has 0 aromatic heterocycles. The summed E-state index contributed by atoms with van der Waals surface area (Å²) in [5.74, 6) is -0.667. The van der Waals surface area contributed by atoms with E-state index in [2.05, 4.69) is 30.5 Å². The van der Waals surface area contributed by atoms with Gasteiger partial charge in [0.2, 0.25) is 11.8 Å². The molecule has 0 saturated heterocycles. The number of hydrogen-bond acceptors (Lipinski definition) is 4. The van der Waals surface area contributed by atoms with Gasteiger partial charge in [-0.25, -0.2) is 4.79 Å². The molecule has 0 bridgehead atoms. The molecule has 0 radical (unpaired) electrons. The van der Waals surface area contributed by atoms with Gasteiger partial charge in [0.05, 0.1) is 0 Å². The number of ether oxygens (including phenoxy) is 1. The molecule has 0 fully saturated rings. The van der Waals surface area contributed by atoms with Gasteiger partial charge in [-0.1, -0.05) is 76.3 Å². The third-order valence-corrected chi connectivity index (χ3v) is 5.84. The Kier molecular flexibility index (Phi) is 13.0. The maximum absolute atomic E-state index is 14.0. The van der Waals surface area contributed by atoms with Gasteiger partial charge in [-0.3, -0.25) is 9.59 Å². The number of nitrogens with one attached hydrogen (secondary N) is 2. The van der Waals surface area contributed by atoms with E-state index < -0.39 is 23.8 Å². The summed E-state index contributed by atoms with van der Waals surface area (Å²) >= 11 is 0. The summed E-state index contributed by atoms with van der Waals surface area (Å²) in [6.45, 7) is 18.2. The fraction of sp³-hybridized carbons (Fsp3) is 0.690. The standard InChI is InChI=1S/C29H49N3O4/c1-10-12-14-15-30-26(33)25(23-18-21(5)17-22(6)19-23)32(16-13-11-2)27(34)24(20(3)4)31-28(35)36-29(7,8)9/h17-20,24-25H,10-16H2,1-9H3,(H,30,33)(H,31,35). The Balaban J connectivity index is 3.44. The molecule has 0 aliphatic heterocycles. The van der Waals surface area contributed by atoms with Gasteiger partial charge in [-0.2, -0.15) is 0 Å². The highest BCUT2D eigenvalue weighted by Crippen LogP contribution is 2.26. The van der Waals surface area contributed by atoms with E-state index in [4.69, 9.17) is 4.74 Å². The zero-order valence-electron chi connectivity index (χ0n) is 24.0. The molecule has 2 unspecified atom stereocenters. The van der Waals surface area contributed by atoms with Crippen LogP contribution in [0.5, 0.6) is 0 Å². The SMILES string of the molecule is CCCCCNC(=O)C(c1cc(C)cc(C)c1)N(CCCC)C(=O)C(NC(=O)OC(C)(C)C)C(C)C. The maximum Gasteiger partial charge on any atom is 0.408 e. The smallest absolute Gasteiger partial charge is 0.408 e. The monoisotopic (exact) mass is 503 g/mol. The van der Waals surface area contributed by atoms with Crippen molar-refractivity contribution >= 4 is 17.9 Å². The number of carbonyl (C=O) groups is 3. The molecule has 3 amide bonds. The number of unbranched alkanes of at least 4 members (excludes halogenated alkanes) is 3. The molecule has 2 atom stereocenters. The molecule has 7 heteroatoms. The first-order valence-electron chi connectivity index (χ1n) is 13.5. The van der Waals surface area contributed by atoms with Crippen LogP contribution in [0.3, 0.4) is 0 Å². The van der Waals surface area contributed by atoms with Crippen LogP contribution in [0.2, 0.25) is 0 Å². The molecule has 2 N–H and O–H groups in total. The van der Waals surface area contributed by atoms with Gasteiger partial charge in [0, 0.05) is 13.1 Å². The maximum atomic E-state index is 14.0. The van der Waals surface area contributed by atoms with E-state index >= 15 is 0 Å². The predicted octanol–water partition coefficient (Wildman–Crippen LogP) is 5.83. The fourth-order valence-corrected chi connectivity index (χ4v) is 4.15. The largest absolute Gasteiger partial charge is 0.444 e. The van der Waals surface area contributed by atoms with Gasteiger partial charge in [0.1, 0.15) is 17.7 Å². The Labute approximate surface area is 218 Å². The molecular weight excluding hydrogens is 454 g/mol. The van der Waals surface area contributed by atoms with Crippen molar-refractivity contribution in [1.29, 1.82) is 0 Å². The molecule has 0 aliphatic carbocycles. The zero-order valence-corrected chi connectivity index (χ0v) is 24.0. The van der Waals surface area contributed by atoms with E-state index in [0.29, 0.717) is 13.1 Å². The van der Waals surface area contributed by atoms with Crippen molar-refractivity contribution < 1.29 is 19.1 Å². The van der Waals surface area contributed by atoms with Crippen LogP contribution in [0.15, 0.2) is 18.2 Å². The zero-order chi connectivity index (χ0) is 27.5. The highest BCUT2D eigenvalue weighted by Gasteiger charge is 2.37. The fourth-order valence-electron chi connectivity index (χ4n) is 4.15. The van der Waals surface area contributed by atoms with Crippen LogP contribution in [-0.4, -0.2) is 47.5 Å². The second-order valence-corrected chi connectivity index (χ2v) is 11.1. The first kappa shape index (κ1) is 31.5. The molecule has 1 aromatic carbocycles. The molecule has 0 heterocycles. The molecule has 204 valence electrons. The number of alkyl carbamates (subject to hydrolysis) is 1. The van der Waals surface area contributed by atoms with Gasteiger partial charge in [-0.05, 0) is 58.9 Å². The summed E-state index contributed by atoms with van der Waals surface area (Å²) in [6, 6.07) is 4.39. The third kappa shape index (κ3) is 10.6. The summed E-state index contributed by atoms with van der Waals surface area (Å²) in [5, 5.41) is 5.84. The van der Waals surface area contributed by atoms with Gasteiger partial charge >= 0.3 is 6.09 Å². The van der Waals surface area contributed by atoms with Crippen molar-refractivity contribution in [2.24, 2.45) is 5.92 Å². The van der Waals surface area contributed by atoms with Crippen LogP contribution in [0.1, 0.15) is 103 Å². The van der Waals surface area contributed by atoms with Gasteiger partial charge < -0.3 is 20.3 Å². The number of amides is 3. The van der Waals surface area contributed by atoms with Crippen molar-refractivity contribution in [3.63, 3.8) is 0 Å². The number of carbonyl (C=O) groups excluding carboxylic acids is 3. The summed E-state index contributed by atoms with van der Waals surface area (Å²) < 4.78 is 5.43. The first-order valence-corrected chi connectivity index (χ1v) is 13.5. The Morgan fingerprint density at radius 2 is 1.53 bits per heavy atom. The quantitative estimate of drug-likeness (QED) is 0.332. The molecule has 1 rings (SSSR count). The van der Waals surface area contributed by atoms with Crippen LogP contribution >= 0.6 is 0 Å². The minimum atomic E-state index is -0.821. The van der Waals surface area contributed by atoms with Crippen LogP contribution in [0.4, 0.5) is 4.79 Å². The molecular formula is C29H49N3O4. The number of benzene rings is 1. The van der Waals surface area contributed by atoms with Crippen molar-refractivity contribution in [2.75, 3.05) is 13.1 Å². The lowest BCUT2D eigenvalue weighted by atomic mass is 9.96. The average Bonchev–Trinajstić information content (AvgIpc) is 2.75. The van der Waals surface area contributed by atoms with Crippen LogP contribution < -0.4 is 10.6 Å². The summed E-state index contributed by atoms with van der Waals surface area (Å²) in [6.07, 6.45) is 3.95. The van der Waals surface area contributed by atoms with Crippen LogP contribution in [-0.2, 0) is 14.3 Å². The van der Waals surface area contributed by atoms with E-state index in [0.717, 1.165) is 48.8 Å². The minimum absolute atomic E-state index is 0.193. The topological polar surface area (TPSA) is 87.7 Å². The highest BCUT2D eigenvalue weighted by atomic mass is 16.6. The Morgan fingerprint density at radius 3 is 2.03 bits per heavy atom. The van der Waals surface area contributed by atoms with Crippen molar-refractivity contribution in [2.45, 2.75) is 112 Å². The van der Waals surface area contributed by atoms with Crippen molar-refractivity contribution in [1.82, 2.24) is 15.5 Å². The molecule has 7 nitrogen and oxygen atoms in total. The molecule has 0 spiro atoms. The van der Waals surface area contributed by atoms with E-state index in [1.165, 1.54) is 0 Å². The van der Waals surface area contributed by atoms with Gasteiger partial charge in [-0.15, -0.1) is 0 Å². The number of hydrogen-bond donors (Lipinski definition) is 2. The molecule has 1 aromatic rings. The Morgan fingerprint density at radius 1 is 0.944 bits per heavy atom. The molecule has 0 aliphatic rings. The van der Waals surface area contributed by atoms with Crippen molar-refractivity contribution in [3.8, 4) is 0 Å². The van der Waals surface area contributed by atoms with Crippen LogP contribution in [0.25, 0.3) is 0 Å². The third-order valence-electron chi connectivity index (χ3n) is 5.84. The lowest BCUT2D eigenvalue weighted by molar-refractivity contribution is -0.143. The Bertz CT molecular complexity index is 840. The first-order chi connectivity index (χ1) is 16.8. The normalized spacial score (nSPS) is 13.2. The van der Waals surface area contributed by atoms with E-state index in [1.54, 1.807) is 25.7 Å². The molecule has 0 saturated carbocycles. The van der Waals surface area contributed by atoms with Gasteiger partial charge in [0.15, 0.2) is 0 Å². The highest BCUT2D eigenvalue weighted by molar-refractivity contribution is 5.92. The number of nitrogens with zero attached hydrogens (tertiary/aromatic N) is 1. The summed E-state index contributed by atoms with van der Waals surface area (Å²) in [5.41, 5.74) is 2.16. The summed E-state index contributed by atoms with van der Waals surface area (Å²) in [7, 11) is 0. The lowest BCUT2D eigenvalue weighted by Crippen LogP contribution is -2.55.